The van der Waals surface area contributed by atoms with Crippen LogP contribution in [-0.4, -0.2) is 17.6 Å². The third-order valence-electron chi connectivity index (χ3n) is 2.83. The van der Waals surface area contributed by atoms with Crippen molar-refractivity contribution in [3.05, 3.63) is 23.5 Å². The Hall–Kier alpha value is -1.25. The second kappa shape index (κ2) is 3.48. The van der Waals surface area contributed by atoms with Crippen LogP contribution in [0.1, 0.15) is 29.4 Å². The number of hydrogen-bond donors (Lipinski definition) is 0. The molecule has 1 aliphatic heterocycles. The Labute approximate surface area is 83.7 Å². The molecule has 1 aliphatic rings. The Morgan fingerprint density at radius 1 is 1.64 bits per heavy atom. The third kappa shape index (κ3) is 1.54. The number of carbonyl (C=O) groups excluding carboxylic acids is 1. The van der Waals surface area contributed by atoms with Crippen LogP contribution in [-0.2, 0) is 17.7 Å². The van der Waals surface area contributed by atoms with Crippen molar-refractivity contribution in [2.24, 2.45) is 5.92 Å². The summed E-state index contributed by atoms with van der Waals surface area (Å²) < 4.78 is 6.85. The SMILES string of the molecule is COC(=O)c1cc2n(c1)CCC(C)C2. The van der Waals surface area contributed by atoms with Gasteiger partial charge in [-0.3, -0.25) is 0 Å². The molecule has 1 unspecified atom stereocenters. The number of hydrogen-bond acceptors (Lipinski definition) is 2. The van der Waals surface area contributed by atoms with Gasteiger partial charge in [-0.15, -0.1) is 0 Å². The number of aromatic nitrogens is 1. The Morgan fingerprint density at radius 3 is 3.14 bits per heavy atom. The van der Waals surface area contributed by atoms with E-state index < -0.39 is 0 Å². The number of carbonyl (C=O) groups is 1. The summed E-state index contributed by atoms with van der Waals surface area (Å²) >= 11 is 0. The molecule has 1 aromatic rings. The average molecular weight is 193 g/mol. The van der Waals surface area contributed by atoms with Crippen LogP contribution in [0.3, 0.4) is 0 Å². The van der Waals surface area contributed by atoms with Gasteiger partial charge in [-0.1, -0.05) is 6.92 Å². The molecule has 1 atom stereocenters. The molecule has 0 fully saturated rings. The second-order valence-electron chi connectivity index (χ2n) is 4.00. The summed E-state index contributed by atoms with van der Waals surface area (Å²) in [6.07, 6.45) is 4.16. The third-order valence-corrected chi connectivity index (χ3v) is 2.83. The first-order chi connectivity index (χ1) is 6.70. The van der Waals surface area contributed by atoms with E-state index in [0.29, 0.717) is 5.56 Å². The molecule has 3 nitrogen and oxygen atoms in total. The van der Waals surface area contributed by atoms with Crippen LogP contribution >= 0.6 is 0 Å². The standard InChI is InChI=1S/C11H15NO2/c1-8-3-4-12-7-9(11(13)14-2)6-10(12)5-8/h6-8H,3-5H2,1-2H3. The summed E-state index contributed by atoms with van der Waals surface area (Å²) in [5.74, 6) is 0.488. The van der Waals surface area contributed by atoms with Crippen LogP contribution in [0.5, 0.6) is 0 Å². The molecule has 0 aliphatic carbocycles. The normalized spacial score (nSPS) is 20.3. The monoisotopic (exact) mass is 193 g/mol. The molecule has 0 bridgehead atoms. The Kier molecular flexibility index (Phi) is 2.32. The molecule has 3 heteroatoms. The number of nitrogens with zero attached hydrogens (tertiary/aromatic N) is 1. The lowest BCUT2D eigenvalue weighted by Gasteiger charge is -2.20. The number of aryl methyl sites for hydroxylation is 1. The largest absolute Gasteiger partial charge is 0.465 e. The van der Waals surface area contributed by atoms with Gasteiger partial charge in [0.2, 0.25) is 0 Å². The van der Waals surface area contributed by atoms with E-state index in [1.807, 2.05) is 12.3 Å². The number of rotatable bonds is 1. The fraction of sp³-hybridized carbons (Fsp3) is 0.545. The lowest BCUT2D eigenvalue weighted by Crippen LogP contribution is -2.15. The van der Waals surface area contributed by atoms with Crippen molar-refractivity contribution < 1.29 is 9.53 Å². The Bertz CT molecular complexity index is 354. The lowest BCUT2D eigenvalue weighted by atomic mass is 9.98. The highest BCUT2D eigenvalue weighted by Crippen LogP contribution is 2.22. The van der Waals surface area contributed by atoms with Crippen molar-refractivity contribution in [2.45, 2.75) is 26.3 Å². The predicted octanol–water partition coefficient (Wildman–Crippen LogP) is 1.86. The maximum absolute atomic E-state index is 11.3. The number of fused-ring (bicyclic) bond motifs is 1. The molecule has 2 rings (SSSR count). The van der Waals surface area contributed by atoms with Gasteiger partial charge in [0.25, 0.3) is 0 Å². The Balaban J connectivity index is 2.27. The minimum Gasteiger partial charge on any atom is -0.465 e. The number of methoxy groups -OCH3 is 1. The fourth-order valence-electron chi connectivity index (χ4n) is 1.98. The van der Waals surface area contributed by atoms with E-state index in [1.165, 1.54) is 19.2 Å². The molecule has 0 aromatic carbocycles. The second-order valence-corrected chi connectivity index (χ2v) is 4.00. The zero-order chi connectivity index (χ0) is 10.1. The summed E-state index contributed by atoms with van der Waals surface area (Å²) in [5.41, 5.74) is 1.93. The maximum Gasteiger partial charge on any atom is 0.339 e. The molecular formula is C11H15NO2. The molecular weight excluding hydrogens is 178 g/mol. The minimum atomic E-state index is -0.237. The summed E-state index contributed by atoms with van der Waals surface area (Å²) in [7, 11) is 1.42. The summed E-state index contributed by atoms with van der Waals surface area (Å²) in [4.78, 5) is 11.3. The van der Waals surface area contributed by atoms with Gasteiger partial charge in [0.05, 0.1) is 12.7 Å². The van der Waals surface area contributed by atoms with Crippen molar-refractivity contribution in [3.63, 3.8) is 0 Å². The van der Waals surface area contributed by atoms with Crippen molar-refractivity contribution >= 4 is 5.97 Å². The van der Waals surface area contributed by atoms with Crippen molar-refractivity contribution in [2.75, 3.05) is 7.11 Å². The van der Waals surface area contributed by atoms with Gasteiger partial charge in [0, 0.05) is 18.4 Å². The fourth-order valence-corrected chi connectivity index (χ4v) is 1.98. The highest BCUT2D eigenvalue weighted by Gasteiger charge is 2.18. The van der Waals surface area contributed by atoms with Gasteiger partial charge >= 0.3 is 5.97 Å². The van der Waals surface area contributed by atoms with E-state index in [9.17, 15) is 4.79 Å². The minimum absolute atomic E-state index is 0.237. The highest BCUT2D eigenvalue weighted by molar-refractivity contribution is 5.89. The smallest absolute Gasteiger partial charge is 0.339 e. The zero-order valence-corrected chi connectivity index (χ0v) is 8.62. The van der Waals surface area contributed by atoms with E-state index in [-0.39, 0.29) is 5.97 Å². The number of ether oxygens (including phenoxy) is 1. The maximum atomic E-state index is 11.3. The van der Waals surface area contributed by atoms with Crippen molar-refractivity contribution in [1.29, 1.82) is 0 Å². The van der Waals surface area contributed by atoms with Gasteiger partial charge in [0.1, 0.15) is 0 Å². The first-order valence-corrected chi connectivity index (χ1v) is 4.98. The molecule has 2 heterocycles. The van der Waals surface area contributed by atoms with Crippen molar-refractivity contribution in [3.8, 4) is 0 Å². The zero-order valence-electron chi connectivity index (χ0n) is 8.62. The summed E-state index contributed by atoms with van der Waals surface area (Å²) in [6.45, 7) is 3.27. The van der Waals surface area contributed by atoms with Gasteiger partial charge in [-0.05, 0) is 24.8 Å². The quantitative estimate of drug-likeness (QED) is 0.637. The van der Waals surface area contributed by atoms with Gasteiger partial charge in [0.15, 0.2) is 0 Å². The molecule has 0 amide bonds. The topological polar surface area (TPSA) is 31.2 Å². The van der Waals surface area contributed by atoms with Crippen LogP contribution in [0.15, 0.2) is 12.3 Å². The van der Waals surface area contributed by atoms with E-state index in [2.05, 4.69) is 16.2 Å². The van der Waals surface area contributed by atoms with Gasteiger partial charge < -0.3 is 9.30 Å². The average Bonchev–Trinajstić information content (AvgIpc) is 2.59. The molecule has 14 heavy (non-hydrogen) atoms. The first-order valence-electron chi connectivity index (χ1n) is 4.98. The molecule has 76 valence electrons. The first kappa shape index (κ1) is 9.31. The summed E-state index contributed by atoms with van der Waals surface area (Å²) in [6, 6.07) is 1.95. The number of esters is 1. The highest BCUT2D eigenvalue weighted by atomic mass is 16.5. The summed E-state index contributed by atoms with van der Waals surface area (Å²) in [5, 5.41) is 0. The molecule has 1 aromatic heterocycles. The van der Waals surface area contributed by atoms with Crippen LogP contribution in [0, 0.1) is 5.92 Å². The molecule has 0 saturated heterocycles. The molecule has 0 radical (unpaired) electrons. The molecule has 0 N–H and O–H groups in total. The van der Waals surface area contributed by atoms with Gasteiger partial charge in [-0.25, -0.2) is 4.79 Å². The van der Waals surface area contributed by atoms with Crippen LogP contribution in [0.4, 0.5) is 0 Å². The van der Waals surface area contributed by atoms with Crippen molar-refractivity contribution in [1.82, 2.24) is 4.57 Å². The van der Waals surface area contributed by atoms with E-state index in [0.717, 1.165) is 18.9 Å². The van der Waals surface area contributed by atoms with Crippen LogP contribution < -0.4 is 0 Å². The lowest BCUT2D eigenvalue weighted by molar-refractivity contribution is 0.0600. The van der Waals surface area contributed by atoms with E-state index >= 15 is 0 Å². The molecule has 0 spiro atoms. The Morgan fingerprint density at radius 2 is 2.43 bits per heavy atom. The van der Waals surface area contributed by atoms with Crippen LogP contribution in [0.2, 0.25) is 0 Å². The van der Waals surface area contributed by atoms with E-state index in [1.54, 1.807) is 0 Å². The molecule has 0 saturated carbocycles. The van der Waals surface area contributed by atoms with E-state index in [4.69, 9.17) is 0 Å². The predicted molar refractivity (Wildman–Crippen MR) is 53.3 cm³/mol. The van der Waals surface area contributed by atoms with Crippen LogP contribution in [0.25, 0.3) is 0 Å². The van der Waals surface area contributed by atoms with Gasteiger partial charge in [-0.2, -0.15) is 0 Å².